The Morgan fingerprint density at radius 3 is 2.72 bits per heavy atom. The smallest absolute Gasteiger partial charge is 0.252 e. The van der Waals surface area contributed by atoms with Crippen LogP contribution >= 0.6 is 11.8 Å². The van der Waals surface area contributed by atoms with E-state index in [0.29, 0.717) is 22.8 Å². The molecule has 0 bridgehead atoms. The second-order valence-corrected chi connectivity index (χ2v) is 6.36. The van der Waals surface area contributed by atoms with Crippen molar-refractivity contribution >= 4 is 23.6 Å². The maximum absolute atomic E-state index is 12.4. The number of thioether (sulfide) groups is 1. The summed E-state index contributed by atoms with van der Waals surface area (Å²) in [6, 6.07) is 3.85. The fourth-order valence-corrected chi connectivity index (χ4v) is 3.09. The van der Waals surface area contributed by atoms with Gasteiger partial charge in [-0.15, -0.1) is 18.3 Å². The third-order valence-corrected chi connectivity index (χ3v) is 4.59. The van der Waals surface area contributed by atoms with Crippen molar-refractivity contribution in [1.29, 1.82) is 0 Å². The summed E-state index contributed by atoms with van der Waals surface area (Å²) >= 11 is 1.45. The number of carbonyl (C=O) groups excluding carboxylic acids is 2. The Labute approximate surface area is 150 Å². The summed E-state index contributed by atoms with van der Waals surface area (Å²) in [5.41, 5.74) is 6.00. The number of hydrogen-bond donors (Lipinski definition) is 4. The number of rotatable bonds is 7. The number of benzene rings is 1. The Hall–Kier alpha value is -2.23. The Morgan fingerprint density at radius 2 is 2.12 bits per heavy atom. The van der Waals surface area contributed by atoms with E-state index in [0.717, 1.165) is 0 Å². The molecule has 1 aromatic carbocycles. The first kappa shape index (κ1) is 19.1. The quantitative estimate of drug-likeness (QED) is 0.503. The largest absolute Gasteiger partial charge is 0.493 e. The van der Waals surface area contributed by atoms with Crippen molar-refractivity contribution in [3.8, 4) is 11.5 Å². The minimum Gasteiger partial charge on any atom is -0.493 e. The molecule has 25 heavy (non-hydrogen) atoms. The Bertz CT molecular complexity index is 655. The number of nitrogens with two attached hydrogens (primary N) is 1. The van der Waals surface area contributed by atoms with Gasteiger partial charge in [-0.05, 0) is 18.2 Å². The van der Waals surface area contributed by atoms with Gasteiger partial charge in [-0.1, -0.05) is 6.08 Å². The van der Waals surface area contributed by atoms with Crippen LogP contribution in [0.2, 0.25) is 0 Å². The standard InChI is InChI=1S/C16H22N4O4S/c1-4-7-25-16-19-13(17)12(15(22)20-16)18-14(21)9-5-6-10(23-2)11(8-9)24-3/h4-6,8,12-13,16,19H,1,7,17H2,2-3H3,(H,18,21)(H,20,22). The number of amides is 2. The van der Waals surface area contributed by atoms with Crippen molar-refractivity contribution in [2.75, 3.05) is 20.0 Å². The van der Waals surface area contributed by atoms with Crippen molar-refractivity contribution in [2.24, 2.45) is 5.73 Å². The lowest BCUT2D eigenvalue weighted by Crippen LogP contribution is -2.70. The maximum atomic E-state index is 12.4. The zero-order valence-electron chi connectivity index (χ0n) is 14.1. The summed E-state index contributed by atoms with van der Waals surface area (Å²) in [5, 5.41) is 8.42. The van der Waals surface area contributed by atoms with Crippen LogP contribution in [0, 0.1) is 0 Å². The number of methoxy groups -OCH3 is 2. The van der Waals surface area contributed by atoms with E-state index in [1.165, 1.54) is 32.0 Å². The summed E-state index contributed by atoms with van der Waals surface area (Å²) < 4.78 is 10.3. The predicted molar refractivity (Wildman–Crippen MR) is 96.5 cm³/mol. The van der Waals surface area contributed by atoms with Crippen LogP contribution in [0.1, 0.15) is 10.4 Å². The molecule has 2 amide bonds. The van der Waals surface area contributed by atoms with E-state index in [4.69, 9.17) is 15.2 Å². The van der Waals surface area contributed by atoms with Gasteiger partial charge in [0, 0.05) is 11.3 Å². The van der Waals surface area contributed by atoms with Gasteiger partial charge in [0.2, 0.25) is 5.91 Å². The molecular weight excluding hydrogens is 344 g/mol. The summed E-state index contributed by atoms with van der Waals surface area (Å²) in [6.45, 7) is 3.63. The molecule has 1 heterocycles. The molecule has 3 unspecified atom stereocenters. The van der Waals surface area contributed by atoms with Crippen LogP contribution in [0.3, 0.4) is 0 Å². The highest BCUT2D eigenvalue weighted by molar-refractivity contribution is 7.99. The Morgan fingerprint density at radius 1 is 1.40 bits per heavy atom. The average molecular weight is 366 g/mol. The van der Waals surface area contributed by atoms with Crippen molar-refractivity contribution in [2.45, 2.75) is 17.7 Å². The molecule has 136 valence electrons. The molecule has 8 nitrogen and oxygen atoms in total. The topological polar surface area (TPSA) is 115 Å². The molecule has 1 saturated heterocycles. The first-order chi connectivity index (χ1) is 12.0. The van der Waals surface area contributed by atoms with Crippen LogP contribution < -0.4 is 31.2 Å². The van der Waals surface area contributed by atoms with E-state index < -0.39 is 18.1 Å². The molecule has 1 aromatic rings. The Kier molecular flexibility index (Phi) is 6.68. The minimum absolute atomic E-state index is 0.324. The number of nitrogens with one attached hydrogen (secondary N) is 3. The first-order valence-electron chi connectivity index (χ1n) is 7.57. The van der Waals surface area contributed by atoms with E-state index in [-0.39, 0.29) is 11.4 Å². The van der Waals surface area contributed by atoms with Crippen molar-refractivity contribution in [3.05, 3.63) is 36.4 Å². The summed E-state index contributed by atoms with van der Waals surface area (Å²) in [4.78, 5) is 24.7. The molecule has 0 aliphatic carbocycles. The van der Waals surface area contributed by atoms with Gasteiger partial charge < -0.3 is 25.8 Å². The van der Waals surface area contributed by atoms with Crippen LogP contribution in [0.5, 0.6) is 11.5 Å². The Balaban J connectivity index is 2.05. The van der Waals surface area contributed by atoms with Gasteiger partial charge in [0.25, 0.3) is 5.91 Å². The zero-order valence-corrected chi connectivity index (χ0v) is 14.9. The molecule has 2 rings (SSSR count). The van der Waals surface area contributed by atoms with Gasteiger partial charge in [-0.3, -0.25) is 14.9 Å². The van der Waals surface area contributed by atoms with E-state index in [2.05, 4.69) is 22.5 Å². The molecule has 3 atom stereocenters. The molecule has 0 saturated carbocycles. The molecule has 1 aliphatic heterocycles. The van der Waals surface area contributed by atoms with E-state index in [1.54, 1.807) is 18.2 Å². The fourth-order valence-electron chi connectivity index (χ4n) is 2.31. The SMILES string of the molecule is C=CCSC1NC(=O)C(NC(=O)c2ccc(OC)c(OC)c2)C(N)N1. The lowest BCUT2D eigenvalue weighted by molar-refractivity contribution is -0.125. The van der Waals surface area contributed by atoms with Crippen LogP contribution in [-0.2, 0) is 4.79 Å². The lowest BCUT2D eigenvalue weighted by Gasteiger charge is -2.35. The molecule has 1 aliphatic rings. The van der Waals surface area contributed by atoms with E-state index >= 15 is 0 Å². The van der Waals surface area contributed by atoms with Gasteiger partial charge in [0.05, 0.1) is 20.4 Å². The van der Waals surface area contributed by atoms with E-state index in [9.17, 15) is 9.59 Å². The highest BCUT2D eigenvalue weighted by Gasteiger charge is 2.35. The third-order valence-electron chi connectivity index (χ3n) is 3.57. The molecule has 5 N–H and O–H groups in total. The van der Waals surface area contributed by atoms with Gasteiger partial charge in [0.1, 0.15) is 11.5 Å². The van der Waals surface area contributed by atoms with Crippen molar-refractivity contribution < 1.29 is 19.1 Å². The highest BCUT2D eigenvalue weighted by Crippen LogP contribution is 2.27. The number of hydrogen-bond acceptors (Lipinski definition) is 7. The predicted octanol–water partition coefficient (Wildman–Crippen LogP) is 0.00920. The van der Waals surface area contributed by atoms with E-state index in [1.807, 2.05) is 0 Å². The normalized spacial score (nSPS) is 22.7. The number of ether oxygens (including phenoxy) is 2. The summed E-state index contributed by atoms with van der Waals surface area (Å²) in [5.74, 6) is 0.812. The second-order valence-electron chi connectivity index (χ2n) is 5.22. The minimum atomic E-state index is -0.888. The van der Waals surface area contributed by atoms with Crippen molar-refractivity contribution in [3.63, 3.8) is 0 Å². The molecule has 1 fully saturated rings. The highest BCUT2D eigenvalue weighted by atomic mass is 32.2. The third kappa shape index (κ3) is 4.65. The monoisotopic (exact) mass is 366 g/mol. The van der Waals surface area contributed by atoms with Crippen LogP contribution in [0.4, 0.5) is 0 Å². The molecule has 0 aromatic heterocycles. The van der Waals surface area contributed by atoms with Gasteiger partial charge >= 0.3 is 0 Å². The first-order valence-corrected chi connectivity index (χ1v) is 8.62. The average Bonchev–Trinajstić information content (AvgIpc) is 2.62. The number of carbonyl (C=O) groups is 2. The van der Waals surface area contributed by atoms with Gasteiger partial charge in [0.15, 0.2) is 11.5 Å². The van der Waals surface area contributed by atoms with Crippen LogP contribution in [0.25, 0.3) is 0 Å². The molecular formula is C16H22N4O4S. The summed E-state index contributed by atoms with van der Waals surface area (Å²) in [7, 11) is 2.99. The van der Waals surface area contributed by atoms with Crippen molar-refractivity contribution in [1.82, 2.24) is 16.0 Å². The van der Waals surface area contributed by atoms with Gasteiger partial charge in [-0.25, -0.2) is 0 Å². The van der Waals surface area contributed by atoms with Crippen LogP contribution in [0.15, 0.2) is 30.9 Å². The molecule has 9 heteroatoms. The summed E-state index contributed by atoms with van der Waals surface area (Å²) in [6.07, 6.45) is 1.02. The fraction of sp³-hybridized carbons (Fsp3) is 0.375. The zero-order chi connectivity index (χ0) is 18.4. The second kappa shape index (κ2) is 8.75. The lowest BCUT2D eigenvalue weighted by atomic mass is 10.1. The molecule has 0 radical (unpaired) electrons. The maximum Gasteiger partial charge on any atom is 0.252 e. The molecule has 0 spiro atoms. The van der Waals surface area contributed by atoms with Crippen LogP contribution in [-0.4, -0.2) is 49.5 Å². The van der Waals surface area contributed by atoms with Gasteiger partial charge in [-0.2, -0.15) is 0 Å².